The molecule has 0 heterocycles. The molecule has 0 unspecified atom stereocenters. The molecule has 1 N–H and O–H groups in total. The molecule has 0 aromatic heterocycles. The second-order valence-electron chi connectivity index (χ2n) is 0. The van der Waals surface area contributed by atoms with Crippen LogP contribution in [0.1, 0.15) is 0 Å². The van der Waals surface area contributed by atoms with Crippen molar-refractivity contribution < 1.29 is 33.0 Å². The molecular weight excluding hydrogens is 147 g/mol. The van der Waals surface area contributed by atoms with Crippen LogP contribution in [0.25, 0.3) is 0 Å². The average Bonchev–Trinajstić information content (AvgIpc) is 1.50. The number of rotatable bonds is 0. The Balaban J connectivity index is -0.00000000500. The van der Waals surface area contributed by atoms with Gasteiger partial charge in [0.15, 0.2) is 0 Å². The summed E-state index contributed by atoms with van der Waals surface area (Å²) in [7, 11) is 0. The fraction of sp³-hybridized carbons (Fsp3) is 0. The van der Waals surface area contributed by atoms with Gasteiger partial charge in [0.2, 0.25) is 0 Å². The van der Waals surface area contributed by atoms with Crippen molar-refractivity contribution in [1.29, 1.82) is 0 Å². The van der Waals surface area contributed by atoms with Crippen LogP contribution in [0.5, 0.6) is 0 Å². The van der Waals surface area contributed by atoms with Gasteiger partial charge < -0.3 is 5.48 Å². The third kappa shape index (κ3) is 47.1. The molecule has 3 nitrogen and oxygen atoms in total. The van der Waals surface area contributed by atoms with Crippen LogP contribution in [0.4, 0.5) is 0 Å². The summed E-state index contributed by atoms with van der Waals surface area (Å²) < 4.78 is 16.5. The first-order valence-corrected chi connectivity index (χ1v) is 1.71. The first-order valence-electron chi connectivity index (χ1n) is 0.493. The number of hydrogen-bond donors (Lipinski definition) is 0. The summed E-state index contributed by atoms with van der Waals surface area (Å²) in [5.41, 5.74) is 0. The fourth-order valence-corrected chi connectivity index (χ4v) is 0. The zero-order valence-corrected chi connectivity index (χ0v) is 8.45. The summed E-state index contributed by atoms with van der Waals surface area (Å²) in [5.74, 6) is 0. The molecule has 0 aliphatic rings. The SMILES string of the molecule is [MgH+].[OH-].[O]=[AlH].[O]=[Ti]. The minimum atomic E-state index is 0. The van der Waals surface area contributed by atoms with Crippen LogP contribution in [0.2, 0.25) is 0 Å². The molecule has 0 aromatic carbocycles. The second kappa shape index (κ2) is 82.5. The van der Waals surface area contributed by atoms with E-state index in [4.69, 9.17) is 7.13 Å². The normalized spacial score (nSPS) is 1.00. The Hall–Kier alpha value is 1.57. The molecule has 0 amide bonds. The molecule has 6 heavy (non-hydrogen) atoms. The van der Waals surface area contributed by atoms with E-state index in [0.717, 1.165) is 20.4 Å². The zero-order chi connectivity index (χ0) is 4.00. The van der Waals surface area contributed by atoms with Crippen LogP contribution in [0.15, 0.2) is 0 Å². The van der Waals surface area contributed by atoms with E-state index in [1.807, 2.05) is 0 Å². The van der Waals surface area contributed by atoms with Gasteiger partial charge in [-0.1, -0.05) is 0 Å². The predicted molar refractivity (Wildman–Crippen MR) is 17.6 cm³/mol. The standard InChI is InChI=1S/Al.Mg.H2O.2O.Ti.2H/h;;1H2;;;;;/q;+1;;;;;;/p-1. The zero-order valence-electron chi connectivity index (χ0n) is 3.47. The molecule has 0 spiro atoms. The minimum absolute atomic E-state index is 0. The van der Waals surface area contributed by atoms with Crippen LogP contribution in [0.3, 0.4) is 0 Å². The molecule has 6 heteroatoms. The van der Waals surface area contributed by atoms with Crippen molar-refractivity contribution in [2.24, 2.45) is 0 Å². The molecule has 0 saturated carbocycles. The predicted octanol–water partition coefficient (Wildman–Crippen LogP) is -1.71. The Labute approximate surface area is 71.7 Å². The van der Waals surface area contributed by atoms with E-state index in [1.54, 1.807) is 0 Å². The van der Waals surface area contributed by atoms with Crippen LogP contribution >= 0.6 is 0 Å². The topological polar surface area (TPSA) is 64.1 Å². The molecule has 0 aliphatic carbocycles. The van der Waals surface area contributed by atoms with Gasteiger partial charge in [-0.2, -0.15) is 0 Å². The molecule has 0 bridgehead atoms. The van der Waals surface area contributed by atoms with Gasteiger partial charge in [-0.15, -0.1) is 0 Å². The Kier molecular flexibility index (Phi) is 352. The third-order valence-corrected chi connectivity index (χ3v) is 0. The first kappa shape index (κ1) is 25.6. The van der Waals surface area contributed by atoms with Crippen LogP contribution in [-0.4, -0.2) is 44.8 Å². The van der Waals surface area contributed by atoms with Crippen molar-refractivity contribution in [2.45, 2.75) is 0 Å². The summed E-state index contributed by atoms with van der Waals surface area (Å²) in [6.07, 6.45) is 0. The Morgan fingerprint density at radius 1 is 1.17 bits per heavy atom. The van der Waals surface area contributed by atoms with Gasteiger partial charge in [0.1, 0.15) is 0 Å². The van der Waals surface area contributed by atoms with Crippen LogP contribution < -0.4 is 0 Å². The van der Waals surface area contributed by atoms with Gasteiger partial charge in [0.25, 0.3) is 0 Å². The van der Waals surface area contributed by atoms with Crippen molar-refractivity contribution in [3.63, 3.8) is 0 Å². The van der Waals surface area contributed by atoms with E-state index in [1.165, 1.54) is 0 Å². The maximum absolute atomic E-state index is 8.28. The van der Waals surface area contributed by atoms with Crippen molar-refractivity contribution in [1.82, 2.24) is 0 Å². The Morgan fingerprint density at radius 3 is 1.17 bits per heavy atom. The van der Waals surface area contributed by atoms with Crippen molar-refractivity contribution in [3.8, 4) is 0 Å². The fourth-order valence-electron chi connectivity index (χ4n) is 0. The molecule has 0 saturated heterocycles. The van der Waals surface area contributed by atoms with E-state index in [-0.39, 0.29) is 28.5 Å². The molecule has 30 valence electrons. The molecule has 0 fully saturated rings. The molecule has 0 radical (unpaired) electrons. The van der Waals surface area contributed by atoms with Gasteiger partial charge in [0.05, 0.1) is 0 Å². The van der Waals surface area contributed by atoms with E-state index < -0.39 is 0 Å². The molecule has 0 rings (SSSR count). The summed E-state index contributed by atoms with van der Waals surface area (Å²) in [4.78, 5) is 0. The van der Waals surface area contributed by atoms with E-state index in [0.29, 0.717) is 16.2 Å². The first-order chi connectivity index (χ1) is 2.00. The van der Waals surface area contributed by atoms with Gasteiger partial charge in [0, 0.05) is 0 Å². The van der Waals surface area contributed by atoms with Gasteiger partial charge in [-0.05, 0) is 0 Å². The number of hydrogen-bond acceptors (Lipinski definition) is 3. The second-order valence-corrected chi connectivity index (χ2v) is 0. The Morgan fingerprint density at radius 2 is 1.17 bits per heavy atom. The third-order valence-electron chi connectivity index (χ3n) is 0. The summed E-state index contributed by atoms with van der Waals surface area (Å²) in [5, 5.41) is 0. The molecule has 0 atom stereocenters. The molecule has 0 aliphatic heterocycles. The van der Waals surface area contributed by atoms with Crippen molar-refractivity contribution in [2.75, 3.05) is 0 Å². The van der Waals surface area contributed by atoms with E-state index in [9.17, 15) is 0 Å². The molecular formula is H3AlMgO3Ti. The maximum atomic E-state index is 8.28. The van der Waals surface area contributed by atoms with E-state index in [2.05, 4.69) is 0 Å². The van der Waals surface area contributed by atoms with Crippen molar-refractivity contribution >= 4 is 39.3 Å². The van der Waals surface area contributed by atoms with Crippen LogP contribution in [0, 0.1) is 0 Å². The average molecular weight is 150 g/mol. The Bertz CT molecular complexity index is 12.8. The van der Waals surface area contributed by atoms with E-state index >= 15 is 0 Å². The van der Waals surface area contributed by atoms with Crippen molar-refractivity contribution in [3.05, 3.63) is 0 Å². The summed E-state index contributed by atoms with van der Waals surface area (Å²) in [6.45, 7) is 0. The van der Waals surface area contributed by atoms with Gasteiger partial charge in [-0.25, -0.2) is 0 Å². The van der Waals surface area contributed by atoms with Crippen LogP contribution in [-0.2, 0) is 27.5 Å². The van der Waals surface area contributed by atoms with Gasteiger partial charge in [-0.3, -0.25) is 0 Å². The monoisotopic (exact) mass is 150 g/mol. The summed E-state index contributed by atoms with van der Waals surface area (Å²) in [6, 6.07) is 0. The quantitative estimate of drug-likeness (QED) is 0.386. The van der Waals surface area contributed by atoms with Gasteiger partial charge >= 0.3 is 66.8 Å². The summed E-state index contributed by atoms with van der Waals surface area (Å²) >= 11 is 1.36. The molecule has 0 aromatic rings.